The maximum atomic E-state index is 16.9. The smallest absolute Gasteiger partial charge is 0.326 e. The average molecular weight is 516 g/mol. The van der Waals surface area contributed by atoms with Crippen LogP contribution in [0.1, 0.15) is 43.7 Å². The number of imide groups is 1. The Balaban J connectivity index is 1.60. The van der Waals surface area contributed by atoms with Crippen molar-refractivity contribution in [2.24, 2.45) is 0 Å². The van der Waals surface area contributed by atoms with Crippen molar-refractivity contribution >= 4 is 29.8 Å². The Morgan fingerprint density at radius 1 is 1.00 bits per heavy atom. The van der Waals surface area contributed by atoms with Gasteiger partial charge in [-0.2, -0.15) is 0 Å². The van der Waals surface area contributed by atoms with Crippen LogP contribution in [0.25, 0.3) is 0 Å². The third-order valence-electron chi connectivity index (χ3n) is 7.14. The van der Waals surface area contributed by atoms with E-state index in [0.717, 1.165) is 24.3 Å². The second kappa shape index (κ2) is 8.94. The number of carbonyl (C=O) groups excluding carboxylic acids is 5. The van der Waals surface area contributed by atoms with Crippen molar-refractivity contribution in [3.05, 3.63) is 47.5 Å². The first kappa shape index (κ1) is 24.9. The van der Waals surface area contributed by atoms with E-state index in [1.165, 1.54) is 6.92 Å². The largest absolute Gasteiger partial charge is 0.463 e. The summed E-state index contributed by atoms with van der Waals surface area (Å²) in [6.45, 7) is 3.01. The quantitative estimate of drug-likeness (QED) is 0.348. The molecule has 11 nitrogen and oxygen atoms in total. The van der Waals surface area contributed by atoms with Gasteiger partial charge in [-0.05, 0) is 11.1 Å². The van der Waals surface area contributed by atoms with Crippen molar-refractivity contribution < 1.29 is 47.3 Å². The van der Waals surface area contributed by atoms with E-state index in [-0.39, 0.29) is 0 Å². The number of rotatable bonds is 5. The van der Waals surface area contributed by atoms with Crippen LogP contribution in [0, 0.1) is 0 Å². The molecule has 2 bridgehead atoms. The number of allylic oxidation sites excluding steroid dienone is 1. The van der Waals surface area contributed by atoms with Gasteiger partial charge in [0, 0.05) is 32.6 Å². The third-order valence-corrected chi connectivity index (χ3v) is 7.14. The molecule has 0 spiro atoms. The minimum absolute atomic E-state index is 0.393. The van der Waals surface area contributed by atoms with E-state index in [1.54, 1.807) is 36.4 Å². The lowest BCUT2D eigenvalue weighted by molar-refractivity contribution is -0.174. The Morgan fingerprint density at radius 2 is 1.65 bits per heavy atom. The molecule has 0 saturated carbocycles. The van der Waals surface area contributed by atoms with Gasteiger partial charge in [0.25, 0.3) is 5.91 Å². The monoisotopic (exact) mass is 516 g/mol. The van der Waals surface area contributed by atoms with Crippen LogP contribution < -0.4 is 5.32 Å². The fourth-order valence-corrected chi connectivity index (χ4v) is 5.85. The maximum absolute atomic E-state index is 16.9. The number of hydrogen-bond acceptors (Lipinski definition) is 9. The number of alkyl halides is 1. The highest BCUT2D eigenvalue weighted by molar-refractivity contribution is 6.04. The maximum Gasteiger partial charge on any atom is 0.326 e. The Hall–Kier alpha value is -3.80. The molecule has 2 saturated heterocycles. The first-order chi connectivity index (χ1) is 17.5. The van der Waals surface area contributed by atoms with Gasteiger partial charge in [-0.1, -0.05) is 36.4 Å². The molecule has 3 aliphatic carbocycles. The Morgan fingerprint density at radius 3 is 2.30 bits per heavy atom. The average Bonchev–Trinajstić information content (AvgIpc) is 3.14. The SMILES string of the molecule is CC(=O)OC[C@H]1O[C@@H](N2C(=O)NC(=O)[C@@]3(F)[C@@H]4C=C[C@@H](c5ccccc54)[C@@H]23)[C@H](OC(C)=O)[C@@H]1OC(C)=O. The number of nitrogens with one attached hydrogen (secondary N) is 1. The fraction of sp³-hybridized carbons (Fsp3) is 0.480. The minimum Gasteiger partial charge on any atom is -0.463 e. The molecule has 2 aliphatic heterocycles. The predicted octanol–water partition coefficient (Wildman–Crippen LogP) is 1.22. The normalized spacial score (nSPS) is 35.4. The standard InChI is InChI=1S/C25H25FN2O9/c1-11(29)34-10-18-19(35-12(2)30)20(36-13(3)31)22(37-18)28-21-16-8-9-17(15-7-5-4-6-14(15)16)25(21,26)23(32)27-24(28)33/h4-9,16-22H,10H2,1-3H3,(H,27,32,33)/t16-,17+,18+,19+,20+,21+,22+,25+/m0/s1. The van der Waals surface area contributed by atoms with Gasteiger partial charge in [0.15, 0.2) is 18.4 Å². The number of benzene rings is 1. The summed E-state index contributed by atoms with van der Waals surface area (Å²) in [5, 5.41) is 2.08. The van der Waals surface area contributed by atoms with Gasteiger partial charge in [-0.15, -0.1) is 0 Å². The number of amides is 3. The highest BCUT2D eigenvalue weighted by Crippen LogP contribution is 2.56. The molecular weight excluding hydrogens is 491 g/mol. The molecule has 196 valence electrons. The van der Waals surface area contributed by atoms with E-state index in [0.29, 0.717) is 5.56 Å². The number of hydrogen-bond donors (Lipinski definition) is 1. The van der Waals surface area contributed by atoms with E-state index < -0.39 is 84.5 Å². The van der Waals surface area contributed by atoms with Crippen molar-refractivity contribution in [1.82, 2.24) is 10.2 Å². The minimum atomic E-state index is -2.56. The second-order valence-electron chi connectivity index (χ2n) is 9.41. The number of ether oxygens (including phenoxy) is 4. The van der Waals surface area contributed by atoms with Crippen LogP contribution in [0.3, 0.4) is 0 Å². The van der Waals surface area contributed by atoms with Crippen molar-refractivity contribution in [2.75, 3.05) is 6.61 Å². The van der Waals surface area contributed by atoms with Crippen LogP contribution in [0.2, 0.25) is 0 Å². The van der Waals surface area contributed by atoms with E-state index >= 15 is 4.39 Å². The Labute approximate surface area is 210 Å². The lowest BCUT2D eigenvalue weighted by atomic mass is 9.59. The van der Waals surface area contributed by atoms with Gasteiger partial charge in [0.1, 0.15) is 12.7 Å². The van der Waals surface area contributed by atoms with E-state index in [9.17, 15) is 24.0 Å². The molecule has 0 radical (unpaired) electrons. The van der Waals surface area contributed by atoms with Gasteiger partial charge in [-0.25, -0.2) is 9.18 Å². The van der Waals surface area contributed by atoms with Gasteiger partial charge >= 0.3 is 23.9 Å². The molecule has 1 aromatic carbocycles. The molecular formula is C25H25FN2O9. The summed E-state index contributed by atoms with van der Waals surface area (Å²) in [5.74, 6) is -4.95. The van der Waals surface area contributed by atoms with E-state index in [4.69, 9.17) is 18.9 Å². The molecule has 0 unspecified atom stereocenters. The van der Waals surface area contributed by atoms with Crippen molar-refractivity contribution in [3.8, 4) is 0 Å². The molecule has 8 atom stereocenters. The van der Waals surface area contributed by atoms with Crippen molar-refractivity contribution in [2.45, 2.75) is 68.9 Å². The fourth-order valence-electron chi connectivity index (χ4n) is 5.85. The summed E-state index contributed by atoms with van der Waals surface area (Å²) >= 11 is 0. The highest BCUT2D eigenvalue weighted by Gasteiger charge is 2.68. The molecule has 1 N–H and O–H groups in total. The molecule has 2 heterocycles. The van der Waals surface area contributed by atoms with Crippen molar-refractivity contribution in [3.63, 3.8) is 0 Å². The highest BCUT2D eigenvalue weighted by atomic mass is 19.1. The molecule has 3 amide bonds. The van der Waals surface area contributed by atoms with Crippen molar-refractivity contribution in [1.29, 1.82) is 0 Å². The van der Waals surface area contributed by atoms with Crippen LogP contribution in [0.4, 0.5) is 9.18 Å². The number of carbonyl (C=O) groups is 5. The van der Waals surface area contributed by atoms with Gasteiger partial charge in [0.05, 0.1) is 6.04 Å². The second-order valence-corrected chi connectivity index (χ2v) is 9.41. The van der Waals surface area contributed by atoms with Crippen LogP contribution in [0.5, 0.6) is 0 Å². The summed E-state index contributed by atoms with van der Waals surface area (Å²) in [6, 6.07) is 4.75. The zero-order valence-electron chi connectivity index (χ0n) is 20.2. The number of esters is 3. The topological polar surface area (TPSA) is 138 Å². The van der Waals surface area contributed by atoms with Crippen LogP contribution in [-0.4, -0.2) is 77.6 Å². The lowest BCUT2D eigenvalue weighted by Crippen LogP contribution is -2.75. The zero-order valence-corrected chi connectivity index (χ0v) is 20.2. The molecule has 37 heavy (non-hydrogen) atoms. The lowest BCUT2D eigenvalue weighted by Gasteiger charge is -2.56. The van der Waals surface area contributed by atoms with E-state index in [1.807, 2.05) is 0 Å². The Kier molecular flexibility index (Phi) is 6.01. The molecule has 0 aromatic heterocycles. The molecule has 5 aliphatic rings. The van der Waals surface area contributed by atoms with Crippen LogP contribution >= 0.6 is 0 Å². The van der Waals surface area contributed by atoms with Gasteiger partial charge in [0.2, 0.25) is 5.67 Å². The molecule has 1 aromatic rings. The predicted molar refractivity (Wildman–Crippen MR) is 120 cm³/mol. The number of halogens is 1. The summed E-state index contributed by atoms with van der Waals surface area (Å²) in [5.41, 5.74) is -1.18. The molecule has 12 heteroatoms. The van der Waals surface area contributed by atoms with Crippen LogP contribution in [-0.2, 0) is 38.1 Å². The summed E-state index contributed by atoms with van der Waals surface area (Å²) < 4.78 is 38.8. The van der Waals surface area contributed by atoms with Gasteiger partial charge in [-0.3, -0.25) is 29.4 Å². The number of urea groups is 1. The third kappa shape index (κ3) is 3.86. The zero-order chi connectivity index (χ0) is 26.6. The molecule has 2 fully saturated rings. The summed E-state index contributed by atoms with van der Waals surface area (Å²) in [7, 11) is 0. The van der Waals surface area contributed by atoms with E-state index in [2.05, 4.69) is 5.32 Å². The summed E-state index contributed by atoms with van der Waals surface area (Å²) in [6.07, 6.45) is -1.95. The Bertz CT molecular complexity index is 1220. The summed E-state index contributed by atoms with van der Waals surface area (Å²) in [4.78, 5) is 62.7. The van der Waals surface area contributed by atoms with Gasteiger partial charge < -0.3 is 18.9 Å². The van der Waals surface area contributed by atoms with Crippen LogP contribution in [0.15, 0.2) is 36.4 Å². The first-order valence-electron chi connectivity index (χ1n) is 11.8. The molecule has 6 rings (SSSR count). The first-order valence-corrected chi connectivity index (χ1v) is 11.8. The number of nitrogens with zero attached hydrogens (tertiary/aromatic N) is 1.